The number of nitrogens with one attached hydrogen (secondary N) is 5. The van der Waals surface area contributed by atoms with E-state index >= 15 is 0 Å². The van der Waals surface area contributed by atoms with Crippen molar-refractivity contribution < 1.29 is 14.4 Å². The molecule has 9 N–H and O–H groups in total. The second-order valence-corrected chi connectivity index (χ2v) is 7.18. The Hall–Kier alpha value is -3.51. The lowest BCUT2D eigenvalue weighted by molar-refractivity contribution is -0.117. The molecule has 0 aromatic carbocycles. The number of rotatable bonds is 8. The quantitative estimate of drug-likeness (QED) is 0.209. The molecule has 0 fully saturated rings. The maximum absolute atomic E-state index is 12.5. The van der Waals surface area contributed by atoms with Crippen LogP contribution in [-0.4, -0.2) is 51.5 Å². The molecular formula is C19H27Cl2N9O3. The fourth-order valence-electron chi connectivity index (χ4n) is 3.09. The molecule has 0 saturated heterocycles. The Morgan fingerprint density at radius 2 is 1.94 bits per heavy atom. The van der Waals surface area contributed by atoms with Crippen LogP contribution in [0.1, 0.15) is 40.2 Å². The zero-order chi connectivity index (χ0) is 22.5. The molecule has 0 radical (unpaired) electrons. The van der Waals surface area contributed by atoms with Crippen molar-refractivity contribution in [1.29, 1.82) is 5.41 Å². The summed E-state index contributed by atoms with van der Waals surface area (Å²) < 4.78 is 1.58. The Morgan fingerprint density at radius 3 is 2.58 bits per heavy atom. The van der Waals surface area contributed by atoms with Crippen molar-refractivity contribution >= 4 is 65.6 Å². The molecule has 12 nitrogen and oxygen atoms in total. The molecule has 0 spiro atoms. The number of aliphatic imine (C=N–C) groups is 1. The van der Waals surface area contributed by atoms with Crippen LogP contribution < -0.4 is 27.4 Å². The van der Waals surface area contributed by atoms with E-state index in [9.17, 15) is 14.4 Å². The number of anilines is 2. The molecule has 1 atom stereocenters. The Balaban J connectivity index is 0.00000272. The Bertz CT molecular complexity index is 1060. The molecule has 0 aliphatic carbocycles. The fraction of sp³-hybridized carbons (Fsp3) is 0.316. The van der Waals surface area contributed by atoms with E-state index in [1.54, 1.807) is 17.8 Å². The monoisotopic (exact) mass is 499 g/mol. The zero-order valence-electron chi connectivity index (χ0n) is 17.8. The summed E-state index contributed by atoms with van der Waals surface area (Å²) in [7, 11) is 1.68. The van der Waals surface area contributed by atoms with Gasteiger partial charge in [-0.3, -0.25) is 24.8 Å². The van der Waals surface area contributed by atoms with Crippen LogP contribution in [0.2, 0.25) is 0 Å². The van der Waals surface area contributed by atoms with Crippen LogP contribution in [0.15, 0.2) is 29.5 Å². The first kappa shape index (κ1) is 27.5. The Morgan fingerprint density at radius 1 is 1.21 bits per heavy atom. The summed E-state index contributed by atoms with van der Waals surface area (Å²) in [6.07, 6.45) is 4.52. The van der Waals surface area contributed by atoms with Crippen molar-refractivity contribution in [1.82, 2.24) is 14.9 Å². The number of hydrogen-bond donors (Lipinski definition) is 7. The van der Waals surface area contributed by atoms with Gasteiger partial charge in [-0.15, -0.1) is 24.8 Å². The number of halogens is 2. The minimum atomic E-state index is -0.517. The van der Waals surface area contributed by atoms with Gasteiger partial charge in [0.25, 0.3) is 11.8 Å². The van der Waals surface area contributed by atoms with E-state index in [1.165, 1.54) is 18.3 Å². The number of hydrogen-bond acceptors (Lipinski definition) is 6. The van der Waals surface area contributed by atoms with Gasteiger partial charge in [-0.2, -0.15) is 0 Å². The summed E-state index contributed by atoms with van der Waals surface area (Å²) in [5, 5.41) is 15.2. The molecule has 1 aliphatic rings. The number of carbonyl (C=O) groups excluding carboxylic acids is 3. The minimum absolute atomic E-state index is 0. The molecule has 0 bridgehead atoms. The van der Waals surface area contributed by atoms with Gasteiger partial charge in [0, 0.05) is 38.8 Å². The molecule has 2 aromatic heterocycles. The van der Waals surface area contributed by atoms with E-state index in [4.69, 9.17) is 16.9 Å². The van der Waals surface area contributed by atoms with E-state index < -0.39 is 11.9 Å². The molecule has 14 heteroatoms. The first-order valence-corrected chi connectivity index (χ1v) is 9.63. The highest BCUT2D eigenvalue weighted by Crippen LogP contribution is 2.17. The van der Waals surface area contributed by atoms with Crippen LogP contribution >= 0.6 is 24.8 Å². The van der Waals surface area contributed by atoms with Gasteiger partial charge in [0.2, 0.25) is 5.91 Å². The van der Waals surface area contributed by atoms with Crippen molar-refractivity contribution in [3.63, 3.8) is 0 Å². The maximum Gasteiger partial charge on any atom is 0.272 e. The van der Waals surface area contributed by atoms with E-state index in [0.717, 1.165) is 0 Å². The molecular weight excluding hydrogens is 473 g/mol. The number of aromatic nitrogens is 2. The highest BCUT2D eigenvalue weighted by atomic mass is 35.5. The van der Waals surface area contributed by atoms with Crippen molar-refractivity contribution in [3.05, 3.63) is 35.9 Å². The Labute approximate surface area is 202 Å². The van der Waals surface area contributed by atoms with Gasteiger partial charge in [-0.1, -0.05) is 0 Å². The second-order valence-electron chi connectivity index (χ2n) is 7.18. The van der Waals surface area contributed by atoms with Gasteiger partial charge in [-0.05, 0) is 18.6 Å². The number of nitrogens with zero attached hydrogens (tertiary/aromatic N) is 2. The maximum atomic E-state index is 12.5. The number of H-pyrrole nitrogens is 1. The lowest BCUT2D eigenvalue weighted by Gasteiger charge is -2.06. The molecule has 33 heavy (non-hydrogen) atoms. The van der Waals surface area contributed by atoms with E-state index in [0.29, 0.717) is 35.7 Å². The first-order chi connectivity index (χ1) is 14.7. The van der Waals surface area contributed by atoms with Gasteiger partial charge < -0.3 is 37.0 Å². The van der Waals surface area contributed by atoms with Gasteiger partial charge in [-0.25, -0.2) is 0 Å². The predicted molar refractivity (Wildman–Crippen MR) is 131 cm³/mol. The van der Waals surface area contributed by atoms with Crippen molar-refractivity contribution in [2.45, 2.75) is 25.3 Å². The van der Waals surface area contributed by atoms with Crippen molar-refractivity contribution in [2.75, 3.05) is 17.2 Å². The zero-order valence-corrected chi connectivity index (χ0v) is 19.4. The molecule has 2 aromatic rings. The fourth-order valence-corrected chi connectivity index (χ4v) is 3.09. The number of amidine groups is 2. The number of amides is 3. The third kappa shape index (κ3) is 7.26. The summed E-state index contributed by atoms with van der Waals surface area (Å²) in [5.74, 6) is -0.609. The van der Waals surface area contributed by atoms with E-state index in [2.05, 4.69) is 25.9 Å². The van der Waals surface area contributed by atoms with Crippen LogP contribution in [0.25, 0.3) is 0 Å². The van der Waals surface area contributed by atoms with E-state index in [-0.39, 0.29) is 61.1 Å². The summed E-state index contributed by atoms with van der Waals surface area (Å²) in [6, 6.07) is 2.53. The summed E-state index contributed by atoms with van der Waals surface area (Å²) in [4.78, 5) is 43.8. The highest BCUT2D eigenvalue weighted by Gasteiger charge is 2.23. The van der Waals surface area contributed by atoms with Crippen molar-refractivity contribution in [2.24, 2.45) is 23.5 Å². The first-order valence-electron chi connectivity index (χ1n) is 9.63. The molecule has 3 rings (SSSR count). The average Bonchev–Trinajstić information content (AvgIpc) is 3.41. The molecule has 1 unspecified atom stereocenters. The molecule has 180 valence electrons. The second kappa shape index (κ2) is 11.9. The van der Waals surface area contributed by atoms with Crippen LogP contribution in [0, 0.1) is 5.41 Å². The SMILES string of the molecule is Cl.Cl.Cn1cc(NC(=O)c2cc(NC(=O)C3CCC(N)=N3)c[nH]2)cc1C(=O)NCCC(=N)N. The van der Waals surface area contributed by atoms with E-state index in [1.807, 2.05) is 0 Å². The molecule has 3 heterocycles. The van der Waals surface area contributed by atoms with Gasteiger partial charge in [0.05, 0.1) is 23.0 Å². The molecule has 3 amide bonds. The predicted octanol–water partition coefficient (Wildman–Crippen LogP) is 0.963. The number of aromatic amines is 1. The van der Waals surface area contributed by atoms with Crippen molar-refractivity contribution in [3.8, 4) is 0 Å². The Kier molecular flexibility index (Phi) is 9.95. The summed E-state index contributed by atoms with van der Waals surface area (Å²) in [6.45, 7) is 0.247. The van der Waals surface area contributed by atoms with Crippen LogP contribution in [-0.2, 0) is 11.8 Å². The summed E-state index contributed by atoms with van der Waals surface area (Å²) in [5.41, 5.74) is 12.3. The number of carbonyl (C=O) groups is 3. The van der Waals surface area contributed by atoms with Crippen LogP contribution in [0.5, 0.6) is 0 Å². The minimum Gasteiger partial charge on any atom is -0.388 e. The smallest absolute Gasteiger partial charge is 0.272 e. The third-order valence-corrected chi connectivity index (χ3v) is 4.67. The lowest BCUT2D eigenvalue weighted by atomic mass is 10.2. The topological polar surface area (TPSA) is 196 Å². The van der Waals surface area contributed by atoms with Gasteiger partial charge in [0.1, 0.15) is 17.4 Å². The molecule has 0 saturated carbocycles. The van der Waals surface area contributed by atoms with Gasteiger partial charge >= 0.3 is 0 Å². The summed E-state index contributed by atoms with van der Waals surface area (Å²) >= 11 is 0. The molecule has 1 aliphatic heterocycles. The number of nitrogens with two attached hydrogens (primary N) is 2. The standard InChI is InChI=1S/C19H25N9O3.2ClH/c1-28-9-11(7-14(28)19(31)23-5-4-15(20)21)26-18(30)13-6-10(8-24-13)25-17(29)12-2-3-16(22)27-12;;/h6-9,12,24H,2-5H2,1H3,(H3,20,21)(H2,22,27)(H,23,31)(H,25,29)(H,26,30);2*1H. The normalized spacial score (nSPS) is 14.3. The average molecular weight is 500 g/mol. The highest BCUT2D eigenvalue weighted by molar-refractivity contribution is 6.05. The number of aryl methyl sites for hydroxylation is 1. The van der Waals surface area contributed by atoms with Gasteiger partial charge in [0.15, 0.2) is 0 Å². The lowest BCUT2D eigenvalue weighted by Crippen LogP contribution is -2.28. The third-order valence-electron chi connectivity index (χ3n) is 4.67. The largest absolute Gasteiger partial charge is 0.388 e. The van der Waals surface area contributed by atoms with Crippen LogP contribution in [0.3, 0.4) is 0 Å². The van der Waals surface area contributed by atoms with Crippen LogP contribution in [0.4, 0.5) is 11.4 Å².